The number of carbonyl (C=O) groups is 2. The van der Waals surface area contributed by atoms with Crippen molar-refractivity contribution in [1.29, 1.82) is 0 Å². The first-order valence-corrected chi connectivity index (χ1v) is 11.6. The maximum absolute atomic E-state index is 13.7. The van der Waals surface area contributed by atoms with Crippen LogP contribution in [0.2, 0.25) is 0 Å². The number of benzene rings is 2. The quantitative estimate of drug-likeness (QED) is 0.476. The Morgan fingerprint density at radius 3 is 2.79 bits per heavy atom. The molecule has 2 aromatic carbocycles. The zero-order chi connectivity index (χ0) is 23.4. The molecule has 174 valence electrons. The van der Waals surface area contributed by atoms with Gasteiger partial charge in [-0.15, -0.1) is 0 Å². The number of nitro benzene ring substituents is 1. The fourth-order valence-electron chi connectivity index (χ4n) is 5.67. The monoisotopic (exact) mass is 460 g/mol. The minimum Gasteiger partial charge on any atom is -0.376 e. The number of nitro groups is 1. The normalized spacial score (nSPS) is 24.4. The minimum atomic E-state index is -0.668. The molecule has 3 aliphatic heterocycles. The van der Waals surface area contributed by atoms with E-state index in [4.69, 9.17) is 4.74 Å². The molecule has 0 bridgehead atoms. The van der Waals surface area contributed by atoms with Crippen LogP contribution in [0.15, 0.2) is 48.5 Å². The third-order valence-electron chi connectivity index (χ3n) is 7.19. The first kappa shape index (κ1) is 20.9. The van der Waals surface area contributed by atoms with Gasteiger partial charge in [0.05, 0.1) is 23.6 Å². The summed E-state index contributed by atoms with van der Waals surface area (Å²) < 4.78 is 5.72. The van der Waals surface area contributed by atoms with Crippen LogP contribution in [-0.4, -0.2) is 63.4 Å². The minimum absolute atomic E-state index is 0.0177. The van der Waals surface area contributed by atoms with Gasteiger partial charge in [0.2, 0.25) is 11.8 Å². The molecule has 3 aliphatic rings. The van der Waals surface area contributed by atoms with Gasteiger partial charge in [0.25, 0.3) is 5.69 Å². The Labute approximate surface area is 195 Å². The molecule has 2 amide bonds. The van der Waals surface area contributed by atoms with E-state index in [0.717, 1.165) is 35.0 Å². The number of rotatable bonds is 4. The van der Waals surface area contributed by atoms with Crippen LogP contribution in [0.1, 0.15) is 35.7 Å². The predicted molar refractivity (Wildman–Crippen MR) is 123 cm³/mol. The summed E-state index contributed by atoms with van der Waals surface area (Å²) in [6, 6.07) is 12.9. The molecule has 2 saturated heterocycles. The van der Waals surface area contributed by atoms with Crippen LogP contribution in [-0.2, 0) is 20.7 Å². The number of non-ortho nitro benzene ring substituents is 1. The van der Waals surface area contributed by atoms with E-state index in [2.05, 4.69) is 4.98 Å². The molecule has 0 saturated carbocycles. The SMILES string of the molecule is O=C1[C@@H]2Cc3c([nH]c4ccccc34)[C@H](c3cccc([N+](=O)[O-])c3)N2C(=O)CN1C[C@H]1CCCO1. The van der Waals surface area contributed by atoms with Crippen molar-refractivity contribution in [1.82, 2.24) is 14.8 Å². The van der Waals surface area contributed by atoms with Crippen LogP contribution in [0.3, 0.4) is 0 Å². The molecule has 3 aromatic rings. The van der Waals surface area contributed by atoms with E-state index in [9.17, 15) is 19.7 Å². The van der Waals surface area contributed by atoms with E-state index in [1.54, 1.807) is 21.9 Å². The van der Waals surface area contributed by atoms with Crippen molar-refractivity contribution in [3.8, 4) is 0 Å². The molecular formula is C25H24N4O5. The molecule has 2 fully saturated rings. The smallest absolute Gasteiger partial charge is 0.269 e. The Morgan fingerprint density at radius 2 is 2.00 bits per heavy atom. The van der Waals surface area contributed by atoms with Gasteiger partial charge in [-0.3, -0.25) is 19.7 Å². The standard InChI is InChI=1S/C25H24N4O5/c30-22-14-27(13-17-7-4-10-34-17)25(31)21-12-19-18-8-1-2-9-20(18)26-23(19)24(28(21)22)15-5-3-6-16(11-15)29(32)33/h1-3,5-6,8-9,11,17,21,24,26H,4,7,10,12-14H2/t17-,21+,24+/m1/s1. The van der Waals surface area contributed by atoms with Gasteiger partial charge < -0.3 is 19.5 Å². The third kappa shape index (κ3) is 3.27. The van der Waals surface area contributed by atoms with Crippen LogP contribution < -0.4 is 0 Å². The number of para-hydroxylation sites is 1. The van der Waals surface area contributed by atoms with E-state index >= 15 is 0 Å². The molecule has 1 aromatic heterocycles. The zero-order valence-corrected chi connectivity index (χ0v) is 18.5. The first-order chi connectivity index (χ1) is 16.5. The second kappa shape index (κ2) is 7.95. The predicted octanol–water partition coefficient (Wildman–Crippen LogP) is 2.94. The van der Waals surface area contributed by atoms with E-state index in [0.29, 0.717) is 25.1 Å². The van der Waals surface area contributed by atoms with E-state index in [1.807, 2.05) is 24.3 Å². The summed E-state index contributed by atoms with van der Waals surface area (Å²) in [4.78, 5) is 44.9. The van der Waals surface area contributed by atoms with Crippen molar-refractivity contribution in [2.75, 3.05) is 19.7 Å². The average molecular weight is 460 g/mol. The van der Waals surface area contributed by atoms with Gasteiger partial charge >= 0.3 is 0 Å². The number of nitrogens with one attached hydrogen (secondary N) is 1. The number of carbonyl (C=O) groups excluding carboxylic acids is 2. The summed E-state index contributed by atoms with van der Waals surface area (Å²) in [6.07, 6.45) is 2.21. The highest BCUT2D eigenvalue weighted by Crippen LogP contribution is 2.43. The van der Waals surface area contributed by atoms with Crippen molar-refractivity contribution in [2.24, 2.45) is 0 Å². The molecule has 0 aliphatic carbocycles. The number of hydrogen-bond donors (Lipinski definition) is 1. The number of ether oxygens (including phenoxy) is 1. The van der Waals surface area contributed by atoms with Crippen LogP contribution in [0.25, 0.3) is 10.9 Å². The van der Waals surface area contributed by atoms with Crippen molar-refractivity contribution >= 4 is 28.4 Å². The van der Waals surface area contributed by atoms with Gasteiger partial charge in [0.1, 0.15) is 6.04 Å². The molecule has 6 rings (SSSR count). The van der Waals surface area contributed by atoms with Gasteiger partial charge in [0, 0.05) is 48.3 Å². The molecule has 4 heterocycles. The van der Waals surface area contributed by atoms with Crippen LogP contribution in [0.4, 0.5) is 5.69 Å². The second-order valence-corrected chi connectivity index (χ2v) is 9.19. The number of fused-ring (bicyclic) bond motifs is 4. The Kier molecular flexibility index (Phi) is 4.88. The molecule has 0 radical (unpaired) electrons. The summed E-state index contributed by atoms with van der Waals surface area (Å²) in [7, 11) is 0. The first-order valence-electron chi connectivity index (χ1n) is 11.6. The third-order valence-corrected chi connectivity index (χ3v) is 7.19. The Hall–Kier alpha value is -3.72. The van der Waals surface area contributed by atoms with Crippen molar-refractivity contribution < 1.29 is 19.2 Å². The molecule has 0 spiro atoms. The highest BCUT2D eigenvalue weighted by atomic mass is 16.6. The van der Waals surface area contributed by atoms with Crippen LogP contribution in [0.5, 0.6) is 0 Å². The number of aromatic nitrogens is 1. The Balaban J connectivity index is 1.47. The number of nitrogens with zero attached hydrogens (tertiary/aromatic N) is 3. The summed E-state index contributed by atoms with van der Waals surface area (Å²) in [5.74, 6) is -0.259. The molecule has 0 unspecified atom stereocenters. The largest absolute Gasteiger partial charge is 0.376 e. The lowest BCUT2D eigenvalue weighted by Crippen LogP contribution is -2.63. The lowest BCUT2D eigenvalue weighted by molar-refractivity contribution is -0.384. The van der Waals surface area contributed by atoms with E-state index in [1.165, 1.54) is 12.1 Å². The summed E-state index contributed by atoms with van der Waals surface area (Å²) in [5, 5.41) is 12.5. The number of amides is 2. The van der Waals surface area contributed by atoms with Crippen LogP contribution >= 0.6 is 0 Å². The molecule has 3 atom stereocenters. The lowest BCUT2D eigenvalue weighted by atomic mass is 9.86. The Bertz CT molecular complexity index is 1310. The van der Waals surface area contributed by atoms with Crippen molar-refractivity contribution in [3.05, 3.63) is 75.5 Å². The van der Waals surface area contributed by atoms with Gasteiger partial charge in [-0.25, -0.2) is 0 Å². The molecule has 1 N–H and O–H groups in total. The average Bonchev–Trinajstić information content (AvgIpc) is 3.48. The van der Waals surface area contributed by atoms with Gasteiger partial charge in [-0.05, 0) is 30.0 Å². The van der Waals surface area contributed by atoms with E-state index < -0.39 is 17.0 Å². The highest BCUT2D eigenvalue weighted by Gasteiger charge is 2.48. The fourth-order valence-corrected chi connectivity index (χ4v) is 5.67. The summed E-state index contributed by atoms with van der Waals surface area (Å²) in [6.45, 7) is 1.08. The lowest BCUT2D eigenvalue weighted by Gasteiger charge is -2.47. The fraction of sp³-hybridized carbons (Fsp3) is 0.360. The number of piperazine rings is 1. The van der Waals surface area contributed by atoms with Crippen molar-refractivity contribution in [3.63, 3.8) is 0 Å². The van der Waals surface area contributed by atoms with Gasteiger partial charge in [0.15, 0.2) is 0 Å². The maximum Gasteiger partial charge on any atom is 0.269 e. The van der Waals surface area contributed by atoms with Gasteiger partial charge in [-0.2, -0.15) is 0 Å². The maximum atomic E-state index is 13.7. The zero-order valence-electron chi connectivity index (χ0n) is 18.5. The van der Waals surface area contributed by atoms with Gasteiger partial charge in [-0.1, -0.05) is 30.3 Å². The molecule has 9 nitrogen and oxygen atoms in total. The molecule has 9 heteroatoms. The summed E-state index contributed by atoms with van der Waals surface area (Å²) in [5.41, 5.74) is 3.27. The molecular weight excluding hydrogens is 436 g/mol. The number of aromatic amines is 1. The topological polar surface area (TPSA) is 109 Å². The second-order valence-electron chi connectivity index (χ2n) is 9.19. The summed E-state index contributed by atoms with van der Waals surface area (Å²) >= 11 is 0. The number of hydrogen-bond acceptors (Lipinski definition) is 5. The van der Waals surface area contributed by atoms with E-state index in [-0.39, 0.29) is 30.2 Å². The number of H-pyrrole nitrogens is 1. The highest BCUT2D eigenvalue weighted by molar-refractivity contribution is 5.97. The Morgan fingerprint density at radius 1 is 1.15 bits per heavy atom. The van der Waals surface area contributed by atoms with Crippen molar-refractivity contribution in [2.45, 2.75) is 37.5 Å². The van der Waals surface area contributed by atoms with Crippen LogP contribution in [0, 0.1) is 10.1 Å². The molecule has 34 heavy (non-hydrogen) atoms.